The predicted octanol–water partition coefficient (Wildman–Crippen LogP) is 2.22. The Morgan fingerprint density at radius 3 is 2.58 bits per heavy atom. The zero-order valence-corrected chi connectivity index (χ0v) is 14.6. The van der Waals surface area contributed by atoms with Crippen molar-refractivity contribution in [2.24, 2.45) is 5.92 Å². The molecule has 1 atom stereocenters. The van der Waals surface area contributed by atoms with Crippen LogP contribution in [0.25, 0.3) is 0 Å². The molecule has 1 aliphatic rings. The fourth-order valence-electron chi connectivity index (χ4n) is 3.22. The van der Waals surface area contributed by atoms with E-state index in [0.29, 0.717) is 11.8 Å². The van der Waals surface area contributed by atoms with Gasteiger partial charge in [0.1, 0.15) is 0 Å². The SMILES string of the molecule is CC(C)c1cc(=O)n(CC2CCN(C(C)c3ncno3)CC2)cn1. The Morgan fingerprint density at radius 1 is 1.25 bits per heavy atom. The second-order valence-corrected chi connectivity index (χ2v) is 6.89. The van der Waals surface area contributed by atoms with Gasteiger partial charge in [-0.1, -0.05) is 19.0 Å². The lowest BCUT2D eigenvalue weighted by Crippen LogP contribution is -2.38. The van der Waals surface area contributed by atoms with Gasteiger partial charge in [-0.2, -0.15) is 4.98 Å². The maximum Gasteiger partial charge on any atom is 0.253 e. The molecular weight excluding hydrogens is 306 g/mol. The first kappa shape index (κ1) is 16.8. The molecule has 0 spiro atoms. The second kappa shape index (κ2) is 7.25. The fraction of sp³-hybridized carbons (Fsp3) is 0.647. The van der Waals surface area contributed by atoms with E-state index >= 15 is 0 Å². The summed E-state index contributed by atoms with van der Waals surface area (Å²) >= 11 is 0. The fourth-order valence-corrected chi connectivity index (χ4v) is 3.22. The maximum atomic E-state index is 12.2. The average molecular weight is 331 g/mol. The van der Waals surface area contributed by atoms with E-state index in [1.54, 1.807) is 17.0 Å². The highest BCUT2D eigenvalue weighted by Crippen LogP contribution is 2.26. The topological polar surface area (TPSA) is 77.0 Å². The van der Waals surface area contributed by atoms with E-state index in [-0.39, 0.29) is 17.5 Å². The first-order valence-electron chi connectivity index (χ1n) is 8.61. The lowest BCUT2D eigenvalue weighted by Gasteiger charge is -2.34. The van der Waals surface area contributed by atoms with E-state index in [1.807, 2.05) is 13.8 Å². The van der Waals surface area contributed by atoms with Gasteiger partial charge in [-0.3, -0.25) is 14.3 Å². The molecule has 7 heteroatoms. The largest absolute Gasteiger partial charge is 0.338 e. The Labute approximate surface area is 141 Å². The highest BCUT2D eigenvalue weighted by atomic mass is 16.5. The van der Waals surface area contributed by atoms with Crippen LogP contribution >= 0.6 is 0 Å². The molecular formula is C17H25N5O2. The molecule has 0 aromatic carbocycles. The van der Waals surface area contributed by atoms with Crippen LogP contribution in [0.4, 0.5) is 0 Å². The minimum Gasteiger partial charge on any atom is -0.338 e. The molecule has 3 rings (SSSR count). The number of hydrogen-bond donors (Lipinski definition) is 0. The molecule has 0 amide bonds. The van der Waals surface area contributed by atoms with Crippen LogP contribution < -0.4 is 5.56 Å². The van der Waals surface area contributed by atoms with Gasteiger partial charge in [-0.05, 0) is 44.7 Å². The monoisotopic (exact) mass is 331 g/mol. The van der Waals surface area contributed by atoms with Crippen molar-refractivity contribution in [3.8, 4) is 0 Å². The normalized spacial score (nSPS) is 18.2. The molecule has 0 bridgehead atoms. The Morgan fingerprint density at radius 2 is 2.00 bits per heavy atom. The molecule has 130 valence electrons. The molecule has 7 nitrogen and oxygen atoms in total. The first-order valence-corrected chi connectivity index (χ1v) is 8.61. The third kappa shape index (κ3) is 3.72. The van der Waals surface area contributed by atoms with Crippen LogP contribution in [0.5, 0.6) is 0 Å². The molecule has 1 aliphatic heterocycles. The number of aromatic nitrogens is 4. The summed E-state index contributed by atoms with van der Waals surface area (Å²) in [7, 11) is 0. The molecule has 1 saturated heterocycles. The standard InChI is InChI=1S/C17H25N5O2/c1-12(2)15-8-16(23)22(11-19-15)9-14-4-6-21(7-5-14)13(3)17-18-10-20-24-17/h8,10-14H,4-7,9H2,1-3H3. The molecule has 0 N–H and O–H groups in total. The zero-order valence-electron chi connectivity index (χ0n) is 14.6. The van der Waals surface area contributed by atoms with E-state index < -0.39 is 0 Å². The highest BCUT2D eigenvalue weighted by Gasteiger charge is 2.26. The molecule has 0 aliphatic carbocycles. The second-order valence-electron chi connectivity index (χ2n) is 6.89. The summed E-state index contributed by atoms with van der Waals surface area (Å²) in [5.41, 5.74) is 0.912. The molecule has 1 fully saturated rings. The Hall–Kier alpha value is -2.02. The van der Waals surface area contributed by atoms with Crippen molar-refractivity contribution >= 4 is 0 Å². The van der Waals surface area contributed by atoms with Gasteiger partial charge in [0.2, 0.25) is 5.89 Å². The van der Waals surface area contributed by atoms with Gasteiger partial charge in [0.05, 0.1) is 18.1 Å². The van der Waals surface area contributed by atoms with Crippen LogP contribution in [0.2, 0.25) is 0 Å². The van der Waals surface area contributed by atoms with Gasteiger partial charge in [0.15, 0.2) is 6.33 Å². The minimum atomic E-state index is 0.0513. The van der Waals surface area contributed by atoms with E-state index in [4.69, 9.17) is 4.52 Å². The highest BCUT2D eigenvalue weighted by molar-refractivity contribution is 5.04. The predicted molar refractivity (Wildman–Crippen MR) is 89.6 cm³/mol. The number of likely N-dealkylation sites (tertiary alicyclic amines) is 1. The van der Waals surface area contributed by atoms with Crippen molar-refractivity contribution in [2.45, 2.75) is 52.1 Å². The van der Waals surface area contributed by atoms with Crippen molar-refractivity contribution in [3.63, 3.8) is 0 Å². The molecule has 2 aromatic heterocycles. The lowest BCUT2D eigenvalue weighted by atomic mass is 9.95. The minimum absolute atomic E-state index is 0.0513. The summed E-state index contributed by atoms with van der Waals surface area (Å²) in [6.45, 7) is 8.87. The molecule has 3 heterocycles. The van der Waals surface area contributed by atoms with Gasteiger partial charge in [0, 0.05) is 12.6 Å². The number of rotatable bonds is 5. The van der Waals surface area contributed by atoms with E-state index in [9.17, 15) is 4.79 Å². The van der Waals surface area contributed by atoms with Crippen molar-refractivity contribution in [3.05, 3.63) is 40.7 Å². The van der Waals surface area contributed by atoms with Gasteiger partial charge >= 0.3 is 0 Å². The van der Waals surface area contributed by atoms with Crippen molar-refractivity contribution in [1.29, 1.82) is 0 Å². The summed E-state index contributed by atoms with van der Waals surface area (Å²) in [4.78, 5) is 23.1. The summed E-state index contributed by atoms with van der Waals surface area (Å²) in [6, 6.07) is 1.81. The number of piperidine rings is 1. The molecule has 0 saturated carbocycles. The third-order valence-electron chi connectivity index (χ3n) is 4.88. The van der Waals surface area contributed by atoms with Crippen LogP contribution in [-0.4, -0.2) is 37.7 Å². The van der Waals surface area contributed by atoms with Crippen molar-refractivity contribution in [2.75, 3.05) is 13.1 Å². The Kier molecular flexibility index (Phi) is 5.08. The number of nitrogens with zero attached hydrogens (tertiary/aromatic N) is 5. The summed E-state index contributed by atoms with van der Waals surface area (Å²) in [5.74, 6) is 1.44. The van der Waals surface area contributed by atoms with E-state index in [2.05, 4.69) is 26.9 Å². The first-order chi connectivity index (χ1) is 11.5. The Balaban J connectivity index is 1.57. The third-order valence-corrected chi connectivity index (χ3v) is 4.88. The summed E-state index contributed by atoms with van der Waals surface area (Å²) in [6.07, 6.45) is 5.25. The van der Waals surface area contributed by atoms with Crippen LogP contribution in [0, 0.1) is 5.92 Å². The smallest absolute Gasteiger partial charge is 0.253 e. The maximum absolute atomic E-state index is 12.2. The average Bonchev–Trinajstić information content (AvgIpc) is 3.11. The quantitative estimate of drug-likeness (QED) is 0.836. The summed E-state index contributed by atoms with van der Waals surface area (Å²) < 4.78 is 6.90. The molecule has 0 radical (unpaired) electrons. The van der Waals surface area contributed by atoms with Gasteiger partial charge in [-0.25, -0.2) is 4.98 Å². The summed E-state index contributed by atoms with van der Waals surface area (Å²) in [5, 5.41) is 3.68. The number of hydrogen-bond acceptors (Lipinski definition) is 6. The van der Waals surface area contributed by atoms with Crippen LogP contribution in [-0.2, 0) is 6.54 Å². The van der Waals surface area contributed by atoms with Gasteiger partial charge in [-0.15, -0.1) is 0 Å². The lowest BCUT2D eigenvalue weighted by molar-refractivity contribution is 0.113. The van der Waals surface area contributed by atoms with E-state index in [1.165, 1.54) is 6.33 Å². The van der Waals surface area contributed by atoms with Crippen LogP contribution in [0.15, 0.2) is 28.0 Å². The van der Waals surface area contributed by atoms with Crippen LogP contribution in [0.1, 0.15) is 57.2 Å². The van der Waals surface area contributed by atoms with Crippen LogP contribution in [0.3, 0.4) is 0 Å². The van der Waals surface area contributed by atoms with E-state index in [0.717, 1.165) is 38.2 Å². The molecule has 24 heavy (non-hydrogen) atoms. The van der Waals surface area contributed by atoms with Crippen molar-refractivity contribution < 1.29 is 4.52 Å². The van der Waals surface area contributed by atoms with Gasteiger partial charge < -0.3 is 4.52 Å². The molecule has 1 unspecified atom stereocenters. The van der Waals surface area contributed by atoms with Gasteiger partial charge in [0.25, 0.3) is 5.56 Å². The zero-order chi connectivity index (χ0) is 17.1. The molecule has 2 aromatic rings. The Bertz CT molecular complexity index is 702. The van der Waals surface area contributed by atoms with Crippen molar-refractivity contribution in [1.82, 2.24) is 24.6 Å².